The molecule has 1 aromatic heterocycles. The fourth-order valence-electron chi connectivity index (χ4n) is 2.85. The third-order valence-corrected chi connectivity index (χ3v) is 5.08. The van der Waals surface area contributed by atoms with E-state index in [0.717, 1.165) is 47.1 Å². The smallest absolute Gasteiger partial charge is 0.378 e. The van der Waals surface area contributed by atoms with Crippen molar-refractivity contribution in [1.29, 1.82) is 0 Å². The number of ether oxygens (including phenoxy) is 2. The van der Waals surface area contributed by atoms with Crippen molar-refractivity contribution in [2.24, 2.45) is 5.73 Å². The van der Waals surface area contributed by atoms with Gasteiger partial charge in [-0.15, -0.1) is 0 Å². The highest BCUT2D eigenvalue weighted by Gasteiger charge is 2.11. The van der Waals surface area contributed by atoms with Crippen molar-refractivity contribution in [3.63, 3.8) is 0 Å². The Labute approximate surface area is 154 Å². The number of benzene rings is 2. The van der Waals surface area contributed by atoms with Crippen LogP contribution in [0.5, 0.6) is 6.01 Å². The summed E-state index contributed by atoms with van der Waals surface area (Å²) in [6.45, 7) is 3.42. The Hall–Kier alpha value is -2.71. The van der Waals surface area contributed by atoms with Crippen molar-refractivity contribution in [1.82, 2.24) is 9.97 Å². The van der Waals surface area contributed by atoms with Crippen molar-refractivity contribution >= 4 is 34.6 Å². The Balaban J connectivity index is 1.48. The molecule has 0 atom stereocenters. The number of anilines is 1. The topological polar surface area (TPSA) is 93.5 Å². The third kappa shape index (κ3) is 3.76. The highest BCUT2D eigenvalue weighted by Crippen LogP contribution is 2.31. The van der Waals surface area contributed by atoms with Crippen LogP contribution >= 0.6 is 11.8 Å². The minimum Gasteiger partial charge on any atom is -0.378 e. The molecule has 0 bridgehead atoms. The van der Waals surface area contributed by atoms with Gasteiger partial charge in [-0.3, -0.25) is 0 Å². The molecular formula is C18H18N4O3S. The first-order chi connectivity index (χ1) is 12.7. The maximum atomic E-state index is 10.8. The molecule has 1 aliphatic rings. The van der Waals surface area contributed by atoms with Gasteiger partial charge in [0.25, 0.3) is 0 Å². The van der Waals surface area contributed by atoms with Gasteiger partial charge in [0.05, 0.1) is 24.2 Å². The molecule has 7 nitrogen and oxygen atoms in total. The summed E-state index contributed by atoms with van der Waals surface area (Å²) in [5.41, 5.74) is 7.73. The van der Waals surface area contributed by atoms with E-state index < -0.39 is 6.09 Å². The van der Waals surface area contributed by atoms with E-state index in [0.29, 0.717) is 0 Å². The van der Waals surface area contributed by atoms with Gasteiger partial charge >= 0.3 is 12.1 Å². The Morgan fingerprint density at radius 2 is 1.88 bits per heavy atom. The van der Waals surface area contributed by atoms with Gasteiger partial charge < -0.3 is 25.1 Å². The number of aromatic nitrogens is 2. The zero-order valence-electron chi connectivity index (χ0n) is 14.0. The number of amides is 1. The number of fused-ring (bicyclic) bond motifs is 1. The second-order valence-electron chi connectivity index (χ2n) is 5.84. The first-order valence-corrected chi connectivity index (χ1v) is 9.07. The van der Waals surface area contributed by atoms with E-state index in [1.54, 1.807) is 11.8 Å². The molecule has 0 aliphatic carbocycles. The van der Waals surface area contributed by atoms with Crippen LogP contribution in [0.4, 0.5) is 10.5 Å². The molecule has 3 N–H and O–H groups in total. The minimum atomic E-state index is -0.890. The predicted molar refractivity (Wildman–Crippen MR) is 99.9 cm³/mol. The number of nitrogens with zero attached hydrogens (tertiary/aromatic N) is 2. The van der Waals surface area contributed by atoms with Gasteiger partial charge in [0, 0.05) is 28.6 Å². The maximum absolute atomic E-state index is 10.8. The van der Waals surface area contributed by atoms with Gasteiger partial charge in [0.2, 0.25) is 0 Å². The second-order valence-corrected chi connectivity index (χ2v) is 6.98. The largest absolute Gasteiger partial charge is 0.412 e. The number of carbonyl (C=O) groups excluding carboxylic acids is 1. The van der Waals surface area contributed by atoms with Crippen molar-refractivity contribution in [2.75, 3.05) is 31.2 Å². The van der Waals surface area contributed by atoms with E-state index in [1.807, 2.05) is 18.2 Å². The van der Waals surface area contributed by atoms with E-state index in [1.165, 1.54) is 5.69 Å². The Morgan fingerprint density at radius 3 is 2.62 bits per heavy atom. The molecule has 3 aromatic rings. The van der Waals surface area contributed by atoms with Gasteiger partial charge in [-0.2, -0.15) is 4.98 Å². The molecule has 0 spiro atoms. The standard InChI is InChI=1S/C18H18N4O3S/c19-17(23)25-18-20-15-6-5-14(11-16(15)21-18)26-13-3-1-12(2-4-13)22-7-9-24-10-8-22/h1-6,11H,7-10H2,(H2,19,23)(H,20,21). The first kappa shape index (κ1) is 16.7. The van der Waals surface area contributed by atoms with E-state index >= 15 is 0 Å². The van der Waals surface area contributed by atoms with Crippen molar-refractivity contribution < 1.29 is 14.3 Å². The molecular weight excluding hydrogens is 352 g/mol. The Kier molecular flexibility index (Phi) is 4.68. The van der Waals surface area contributed by atoms with Crippen LogP contribution in [0.1, 0.15) is 0 Å². The molecule has 26 heavy (non-hydrogen) atoms. The quantitative estimate of drug-likeness (QED) is 0.733. The number of aromatic amines is 1. The van der Waals surface area contributed by atoms with Crippen LogP contribution < -0.4 is 15.4 Å². The highest BCUT2D eigenvalue weighted by molar-refractivity contribution is 7.99. The van der Waals surface area contributed by atoms with Gasteiger partial charge in [-0.1, -0.05) is 11.8 Å². The summed E-state index contributed by atoms with van der Waals surface area (Å²) < 4.78 is 10.2. The molecule has 1 fully saturated rings. The summed E-state index contributed by atoms with van der Waals surface area (Å²) in [5.74, 6) is 0. The number of imidazole rings is 1. The molecule has 0 radical (unpaired) electrons. The number of morpholine rings is 1. The van der Waals surface area contributed by atoms with Gasteiger partial charge in [0.1, 0.15) is 0 Å². The van der Waals surface area contributed by atoms with Crippen LogP contribution in [0, 0.1) is 0 Å². The number of primary amides is 1. The second kappa shape index (κ2) is 7.27. The average molecular weight is 370 g/mol. The molecule has 134 valence electrons. The first-order valence-electron chi connectivity index (χ1n) is 8.25. The van der Waals surface area contributed by atoms with Crippen molar-refractivity contribution in [3.05, 3.63) is 42.5 Å². The summed E-state index contributed by atoms with van der Waals surface area (Å²) in [7, 11) is 0. The highest BCUT2D eigenvalue weighted by atomic mass is 32.2. The fraction of sp³-hybridized carbons (Fsp3) is 0.222. The van der Waals surface area contributed by atoms with Crippen molar-refractivity contribution in [2.45, 2.75) is 9.79 Å². The molecule has 1 aliphatic heterocycles. The minimum absolute atomic E-state index is 0.101. The lowest BCUT2D eigenvalue weighted by atomic mass is 10.2. The number of carbonyl (C=O) groups is 1. The third-order valence-electron chi connectivity index (χ3n) is 4.08. The summed E-state index contributed by atoms with van der Waals surface area (Å²) in [4.78, 5) is 22.5. The van der Waals surface area contributed by atoms with E-state index in [-0.39, 0.29) is 6.01 Å². The lowest BCUT2D eigenvalue weighted by molar-refractivity contribution is 0.122. The van der Waals surface area contributed by atoms with Gasteiger partial charge in [-0.05, 0) is 42.5 Å². The monoisotopic (exact) mass is 370 g/mol. The van der Waals surface area contributed by atoms with Crippen LogP contribution in [0.2, 0.25) is 0 Å². The van der Waals surface area contributed by atoms with Crippen LogP contribution in [-0.2, 0) is 4.74 Å². The number of rotatable bonds is 4. The lowest BCUT2D eigenvalue weighted by Crippen LogP contribution is -2.36. The summed E-state index contributed by atoms with van der Waals surface area (Å²) in [6.07, 6.45) is -0.890. The molecule has 0 saturated carbocycles. The SMILES string of the molecule is NC(=O)Oc1nc2cc(Sc3ccc(N4CCOCC4)cc3)ccc2[nH]1. The molecule has 2 aromatic carbocycles. The van der Waals surface area contributed by atoms with E-state index in [4.69, 9.17) is 15.2 Å². The zero-order chi connectivity index (χ0) is 17.9. The number of H-pyrrole nitrogens is 1. The van der Waals surface area contributed by atoms with Gasteiger partial charge in [-0.25, -0.2) is 4.79 Å². The molecule has 0 unspecified atom stereocenters. The summed E-state index contributed by atoms with van der Waals surface area (Å²) in [5, 5.41) is 0. The summed E-state index contributed by atoms with van der Waals surface area (Å²) in [6, 6.07) is 14.5. The number of hydrogen-bond acceptors (Lipinski definition) is 6. The molecule has 1 amide bonds. The number of nitrogens with two attached hydrogens (primary N) is 1. The van der Waals surface area contributed by atoms with Gasteiger partial charge in [0.15, 0.2) is 0 Å². The zero-order valence-corrected chi connectivity index (χ0v) is 14.8. The average Bonchev–Trinajstić information content (AvgIpc) is 3.04. The molecule has 1 saturated heterocycles. The van der Waals surface area contributed by atoms with E-state index in [9.17, 15) is 4.79 Å². The van der Waals surface area contributed by atoms with E-state index in [2.05, 4.69) is 39.1 Å². The lowest BCUT2D eigenvalue weighted by Gasteiger charge is -2.28. The van der Waals surface area contributed by atoms with Crippen LogP contribution in [-0.4, -0.2) is 42.4 Å². The Bertz CT molecular complexity index is 920. The van der Waals surface area contributed by atoms with Crippen LogP contribution in [0.15, 0.2) is 52.3 Å². The number of hydrogen-bond donors (Lipinski definition) is 2. The molecule has 4 rings (SSSR count). The molecule has 8 heteroatoms. The summed E-state index contributed by atoms with van der Waals surface area (Å²) >= 11 is 1.65. The predicted octanol–water partition coefficient (Wildman–Crippen LogP) is 3.01. The van der Waals surface area contributed by atoms with Crippen LogP contribution in [0.3, 0.4) is 0 Å². The van der Waals surface area contributed by atoms with Crippen molar-refractivity contribution in [3.8, 4) is 6.01 Å². The normalized spacial score (nSPS) is 14.5. The number of nitrogens with one attached hydrogen (secondary N) is 1. The van der Waals surface area contributed by atoms with Crippen LogP contribution in [0.25, 0.3) is 11.0 Å². The Morgan fingerprint density at radius 1 is 1.15 bits per heavy atom. The molecule has 2 heterocycles. The maximum Gasteiger partial charge on any atom is 0.412 e. The fourth-order valence-corrected chi connectivity index (χ4v) is 3.70.